The van der Waals surface area contributed by atoms with Gasteiger partial charge in [-0.05, 0) is 26.0 Å². The molecule has 0 bridgehead atoms. The van der Waals surface area contributed by atoms with Crippen LogP contribution in [0.3, 0.4) is 0 Å². The van der Waals surface area contributed by atoms with Gasteiger partial charge in [0.05, 0.1) is 7.11 Å². The van der Waals surface area contributed by atoms with E-state index >= 15 is 0 Å². The largest absolute Gasteiger partial charge is 0.468 e. The Balaban J connectivity index is 2.58. The van der Waals surface area contributed by atoms with Crippen molar-refractivity contribution in [3.05, 3.63) is 21.9 Å². The van der Waals surface area contributed by atoms with E-state index in [4.69, 9.17) is 5.26 Å². The molecule has 0 aromatic carbocycles. The summed E-state index contributed by atoms with van der Waals surface area (Å²) >= 11 is 1.42. The van der Waals surface area contributed by atoms with Crippen molar-refractivity contribution in [3.63, 3.8) is 0 Å². The molecule has 0 saturated heterocycles. The average Bonchev–Trinajstić information content (AvgIpc) is 2.73. The van der Waals surface area contributed by atoms with E-state index in [0.29, 0.717) is 11.4 Å². The zero-order valence-electron chi connectivity index (χ0n) is 9.53. The van der Waals surface area contributed by atoms with Crippen LogP contribution in [0.5, 0.6) is 0 Å². The second kappa shape index (κ2) is 5.10. The predicted octanol–water partition coefficient (Wildman–Crippen LogP) is 1.66. The van der Waals surface area contributed by atoms with Gasteiger partial charge in [0, 0.05) is 11.4 Å². The number of methoxy groups -OCH3 is 1. The summed E-state index contributed by atoms with van der Waals surface area (Å²) in [6.45, 7) is 4.07. The van der Waals surface area contributed by atoms with Gasteiger partial charge in [0.25, 0.3) is 0 Å². The number of ether oxygens (including phenoxy) is 1. The van der Waals surface area contributed by atoms with E-state index in [9.17, 15) is 4.79 Å². The van der Waals surface area contributed by atoms with E-state index in [-0.39, 0.29) is 5.97 Å². The second-order valence-electron chi connectivity index (χ2n) is 3.85. The van der Waals surface area contributed by atoms with Gasteiger partial charge in [-0.25, -0.2) is 0 Å². The maximum absolute atomic E-state index is 11.4. The van der Waals surface area contributed by atoms with Gasteiger partial charge in [0.1, 0.15) is 16.5 Å². The maximum atomic E-state index is 11.4. The smallest absolute Gasteiger partial charge is 0.325 e. The third-order valence-corrected chi connectivity index (χ3v) is 3.16. The van der Waals surface area contributed by atoms with E-state index in [0.717, 1.165) is 4.88 Å². The second-order valence-corrected chi connectivity index (χ2v) is 5.02. The van der Waals surface area contributed by atoms with Gasteiger partial charge >= 0.3 is 5.97 Å². The van der Waals surface area contributed by atoms with Crippen LogP contribution >= 0.6 is 11.3 Å². The Labute approximate surface area is 98.8 Å². The molecule has 0 amide bonds. The van der Waals surface area contributed by atoms with E-state index in [1.165, 1.54) is 18.4 Å². The molecule has 86 valence electrons. The van der Waals surface area contributed by atoms with Crippen LogP contribution in [0.15, 0.2) is 12.1 Å². The molecular weight excluding hydrogens is 224 g/mol. The molecule has 0 aliphatic heterocycles. The normalized spacial score (nSPS) is 10.9. The van der Waals surface area contributed by atoms with Crippen LogP contribution in [-0.2, 0) is 16.1 Å². The fourth-order valence-electron chi connectivity index (χ4n) is 1.17. The van der Waals surface area contributed by atoms with Gasteiger partial charge in [-0.2, -0.15) is 5.26 Å². The first-order valence-electron chi connectivity index (χ1n) is 4.82. The highest BCUT2D eigenvalue weighted by Crippen LogP contribution is 2.16. The molecule has 0 atom stereocenters. The molecule has 0 unspecified atom stereocenters. The number of esters is 1. The van der Waals surface area contributed by atoms with Crippen LogP contribution in [0.25, 0.3) is 0 Å². The standard InChI is InChI=1S/C11H14N2O2S/c1-11(2,10(14)15-3)13-7-9-5-4-8(6-12)16-9/h4-5,13H,7H2,1-3H3. The lowest BCUT2D eigenvalue weighted by Crippen LogP contribution is -2.46. The molecule has 1 heterocycles. The van der Waals surface area contributed by atoms with Crippen molar-refractivity contribution in [3.8, 4) is 6.07 Å². The third kappa shape index (κ3) is 3.05. The van der Waals surface area contributed by atoms with Gasteiger partial charge in [-0.3, -0.25) is 10.1 Å². The van der Waals surface area contributed by atoms with Crippen molar-refractivity contribution in [1.82, 2.24) is 5.32 Å². The summed E-state index contributed by atoms with van der Waals surface area (Å²) in [6, 6.07) is 5.73. The summed E-state index contributed by atoms with van der Waals surface area (Å²) in [6.07, 6.45) is 0. The lowest BCUT2D eigenvalue weighted by Gasteiger charge is -2.22. The first-order valence-corrected chi connectivity index (χ1v) is 5.63. The first kappa shape index (κ1) is 12.7. The molecule has 0 radical (unpaired) electrons. The summed E-state index contributed by atoms with van der Waals surface area (Å²) in [5.41, 5.74) is -0.717. The quantitative estimate of drug-likeness (QED) is 0.810. The molecule has 5 heteroatoms. The van der Waals surface area contributed by atoms with Crippen molar-refractivity contribution >= 4 is 17.3 Å². The Bertz CT molecular complexity index is 418. The number of rotatable bonds is 4. The van der Waals surface area contributed by atoms with Crippen molar-refractivity contribution in [2.45, 2.75) is 25.9 Å². The van der Waals surface area contributed by atoms with Crippen molar-refractivity contribution in [2.75, 3.05) is 7.11 Å². The van der Waals surface area contributed by atoms with E-state index < -0.39 is 5.54 Å². The molecule has 16 heavy (non-hydrogen) atoms. The number of nitrogens with one attached hydrogen (secondary N) is 1. The van der Waals surface area contributed by atoms with E-state index in [1.54, 1.807) is 19.9 Å². The van der Waals surface area contributed by atoms with E-state index in [2.05, 4.69) is 16.1 Å². The predicted molar refractivity (Wildman–Crippen MR) is 62.0 cm³/mol. The summed E-state index contributed by atoms with van der Waals surface area (Å²) in [4.78, 5) is 13.1. The Morgan fingerprint density at radius 3 is 2.81 bits per heavy atom. The van der Waals surface area contributed by atoms with Gasteiger partial charge < -0.3 is 4.74 Å². The summed E-state index contributed by atoms with van der Waals surface area (Å²) in [5.74, 6) is -0.301. The number of nitriles is 1. The molecule has 4 nitrogen and oxygen atoms in total. The molecule has 0 spiro atoms. The van der Waals surface area contributed by atoms with Crippen LogP contribution < -0.4 is 5.32 Å². The number of carbonyl (C=O) groups is 1. The van der Waals surface area contributed by atoms with Crippen LogP contribution in [0.2, 0.25) is 0 Å². The van der Waals surface area contributed by atoms with Gasteiger partial charge in [0.15, 0.2) is 0 Å². The molecule has 1 aromatic heterocycles. The van der Waals surface area contributed by atoms with Crippen molar-refractivity contribution in [1.29, 1.82) is 5.26 Å². The summed E-state index contributed by atoms with van der Waals surface area (Å²) in [5, 5.41) is 11.8. The number of nitrogens with zero attached hydrogens (tertiary/aromatic N) is 1. The molecule has 1 N–H and O–H groups in total. The Morgan fingerprint density at radius 1 is 1.62 bits per heavy atom. The Morgan fingerprint density at radius 2 is 2.31 bits per heavy atom. The molecule has 0 saturated carbocycles. The minimum atomic E-state index is -0.717. The molecule has 1 aromatic rings. The van der Waals surface area contributed by atoms with Crippen LogP contribution in [0.1, 0.15) is 23.6 Å². The molecule has 0 aliphatic rings. The van der Waals surface area contributed by atoms with Gasteiger partial charge in [-0.1, -0.05) is 0 Å². The SMILES string of the molecule is COC(=O)C(C)(C)NCc1ccc(C#N)s1. The highest BCUT2D eigenvalue weighted by molar-refractivity contribution is 7.12. The van der Waals surface area contributed by atoms with Gasteiger partial charge in [-0.15, -0.1) is 11.3 Å². The number of thiophene rings is 1. The fourth-order valence-corrected chi connectivity index (χ4v) is 1.91. The first-order chi connectivity index (χ1) is 7.49. The van der Waals surface area contributed by atoms with Crippen LogP contribution in [0, 0.1) is 11.3 Å². The van der Waals surface area contributed by atoms with Crippen LogP contribution in [0.4, 0.5) is 0 Å². The van der Waals surface area contributed by atoms with Crippen LogP contribution in [-0.4, -0.2) is 18.6 Å². The number of hydrogen-bond donors (Lipinski definition) is 1. The Kier molecular flexibility index (Phi) is 4.05. The van der Waals surface area contributed by atoms with Gasteiger partial charge in [0.2, 0.25) is 0 Å². The Hall–Kier alpha value is -1.38. The molecule has 0 aliphatic carbocycles. The minimum Gasteiger partial charge on any atom is -0.468 e. The minimum absolute atomic E-state index is 0.301. The number of hydrogen-bond acceptors (Lipinski definition) is 5. The van der Waals surface area contributed by atoms with Crippen molar-refractivity contribution in [2.24, 2.45) is 0 Å². The fraction of sp³-hybridized carbons (Fsp3) is 0.455. The monoisotopic (exact) mass is 238 g/mol. The number of carbonyl (C=O) groups excluding carboxylic acids is 1. The highest BCUT2D eigenvalue weighted by atomic mass is 32.1. The summed E-state index contributed by atoms with van der Waals surface area (Å²) < 4.78 is 4.68. The average molecular weight is 238 g/mol. The summed E-state index contributed by atoms with van der Waals surface area (Å²) in [7, 11) is 1.37. The third-order valence-electron chi connectivity index (χ3n) is 2.17. The molecule has 1 rings (SSSR count). The highest BCUT2D eigenvalue weighted by Gasteiger charge is 2.27. The maximum Gasteiger partial charge on any atom is 0.325 e. The lowest BCUT2D eigenvalue weighted by atomic mass is 10.1. The van der Waals surface area contributed by atoms with E-state index in [1.807, 2.05) is 6.07 Å². The lowest BCUT2D eigenvalue weighted by molar-refractivity contribution is -0.147. The topological polar surface area (TPSA) is 62.1 Å². The van der Waals surface area contributed by atoms with Crippen molar-refractivity contribution < 1.29 is 9.53 Å². The molecule has 0 fully saturated rings. The zero-order valence-corrected chi connectivity index (χ0v) is 10.4. The molecular formula is C11H14N2O2S. The zero-order chi connectivity index (χ0) is 12.2.